The van der Waals surface area contributed by atoms with Gasteiger partial charge in [-0.15, -0.1) is 0 Å². The number of imidazole rings is 1. The molecule has 0 saturated carbocycles. The fourth-order valence-corrected chi connectivity index (χ4v) is 2.30. The van der Waals surface area contributed by atoms with Crippen molar-refractivity contribution < 1.29 is 4.74 Å². The van der Waals surface area contributed by atoms with Crippen molar-refractivity contribution in [2.75, 3.05) is 12.8 Å². The number of nitrogen functional groups attached to an aromatic ring is 1. The Labute approximate surface area is 115 Å². The van der Waals surface area contributed by atoms with Crippen molar-refractivity contribution in [3.8, 4) is 17.0 Å². The van der Waals surface area contributed by atoms with Crippen LogP contribution in [0.3, 0.4) is 0 Å². The van der Waals surface area contributed by atoms with Gasteiger partial charge in [0.15, 0.2) is 0 Å². The van der Waals surface area contributed by atoms with Crippen molar-refractivity contribution in [2.24, 2.45) is 0 Å². The number of anilines is 1. The Hall–Kier alpha value is -2.20. The van der Waals surface area contributed by atoms with Crippen LogP contribution in [0.4, 0.5) is 5.82 Å². The van der Waals surface area contributed by atoms with Crippen LogP contribution in [-0.4, -0.2) is 16.5 Å². The molecule has 3 aromatic rings. The van der Waals surface area contributed by atoms with Gasteiger partial charge in [0.25, 0.3) is 0 Å². The van der Waals surface area contributed by atoms with E-state index in [0.717, 1.165) is 16.9 Å². The van der Waals surface area contributed by atoms with Crippen LogP contribution >= 0.6 is 11.6 Å². The average molecular weight is 274 g/mol. The number of fused-ring (bicyclic) bond motifs is 1. The van der Waals surface area contributed by atoms with E-state index in [1.807, 2.05) is 34.9 Å². The number of halogens is 1. The molecule has 96 valence electrons. The molecule has 0 aliphatic heterocycles. The van der Waals surface area contributed by atoms with Gasteiger partial charge in [-0.3, -0.25) is 4.40 Å². The molecular formula is C14H12ClN3O. The molecule has 5 heteroatoms. The van der Waals surface area contributed by atoms with Gasteiger partial charge in [-0.1, -0.05) is 17.7 Å². The first kappa shape index (κ1) is 11.9. The summed E-state index contributed by atoms with van der Waals surface area (Å²) in [7, 11) is 1.58. The first-order valence-electron chi connectivity index (χ1n) is 5.77. The van der Waals surface area contributed by atoms with Crippen molar-refractivity contribution >= 4 is 23.1 Å². The van der Waals surface area contributed by atoms with Gasteiger partial charge >= 0.3 is 0 Å². The molecule has 0 aliphatic carbocycles. The quantitative estimate of drug-likeness (QED) is 0.780. The molecule has 0 unspecified atom stereocenters. The summed E-state index contributed by atoms with van der Waals surface area (Å²) in [4.78, 5) is 4.52. The van der Waals surface area contributed by atoms with Gasteiger partial charge < -0.3 is 10.5 Å². The predicted octanol–water partition coefficient (Wildman–Crippen LogP) is 3.25. The Kier molecular flexibility index (Phi) is 2.80. The number of rotatable bonds is 2. The summed E-state index contributed by atoms with van der Waals surface area (Å²) in [6, 6.07) is 11.2. The van der Waals surface area contributed by atoms with Crippen molar-refractivity contribution in [3.05, 3.63) is 47.6 Å². The largest absolute Gasteiger partial charge is 0.495 e. The molecular weight excluding hydrogens is 262 g/mol. The molecule has 4 nitrogen and oxygen atoms in total. The van der Waals surface area contributed by atoms with E-state index in [9.17, 15) is 0 Å². The Morgan fingerprint density at radius 2 is 2.11 bits per heavy atom. The highest BCUT2D eigenvalue weighted by Crippen LogP contribution is 2.32. The lowest BCUT2D eigenvalue weighted by Crippen LogP contribution is -1.93. The molecule has 0 spiro atoms. The zero-order valence-electron chi connectivity index (χ0n) is 10.3. The van der Waals surface area contributed by atoms with E-state index in [4.69, 9.17) is 22.1 Å². The zero-order chi connectivity index (χ0) is 13.4. The fourth-order valence-electron chi connectivity index (χ4n) is 2.04. The van der Waals surface area contributed by atoms with Crippen LogP contribution in [-0.2, 0) is 0 Å². The number of aromatic nitrogens is 2. The summed E-state index contributed by atoms with van der Waals surface area (Å²) < 4.78 is 6.98. The molecule has 0 fully saturated rings. The van der Waals surface area contributed by atoms with Crippen LogP contribution in [0.1, 0.15) is 0 Å². The molecule has 2 heterocycles. The highest BCUT2D eigenvalue weighted by atomic mass is 35.5. The first-order chi connectivity index (χ1) is 9.20. The molecule has 2 N–H and O–H groups in total. The molecule has 19 heavy (non-hydrogen) atoms. The molecule has 0 radical (unpaired) electrons. The van der Waals surface area contributed by atoms with E-state index < -0.39 is 0 Å². The highest BCUT2D eigenvalue weighted by molar-refractivity contribution is 6.32. The third-order valence-corrected chi connectivity index (χ3v) is 3.29. The summed E-state index contributed by atoms with van der Waals surface area (Å²) in [6.07, 6.45) is 1.88. The summed E-state index contributed by atoms with van der Waals surface area (Å²) in [6.45, 7) is 0. The third-order valence-electron chi connectivity index (χ3n) is 2.99. The number of hydrogen-bond acceptors (Lipinski definition) is 3. The minimum Gasteiger partial charge on any atom is -0.495 e. The van der Waals surface area contributed by atoms with Crippen LogP contribution in [0, 0.1) is 0 Å². The number of nitrogens with two attached hydrogens (primary N) is 1. The fraction of sp³-hybridized carbons (Fsp3) is 0.0714. The maximum absolute atomic E-state index is 6.13. The van der Waals surface area contributed by atoms with E-state index in [0.29, 0.717) is 16.6 Å². The summed E-state index contributed by atoms with van der Waals surface area (Å²) in [5.41, 5.74) is 8.51. The van der Waals surface area contributed by atoms with Gasteiger partial charge in [-0.05, 0) is 30.3 Å². The van der Waals surface area contributed by atoms with Gasteiger partial charge in [-0.2, -0.15) is 0 Å². The van der Waals surface area contributed by atoms with Crippen LogP contribution in [0.25, 0.3) is 16.9 Å². The zero-order valence-corrected chi connectivity index (χ0v) is 11.1. The Bertz CT molecular complexity index is 752. The molecule has 0 bridgehead atoms. The van der Waals surface area contributed by atoms with E-state index in [1.165, 1.54) is 0 Å². The molecule has 3 rings (SSSR count). The average Bonchev–Trinajstić information content (AvgIpc) is 2.77. The van der Waals surface area contributed by atoms with Crippen LogP contribution in [0.2, 0.25) is 5.02 Å². The van der Waals surface area contributed by atoms with E-state index in [1.54, 1.807) is 19.2 Å². The second kappa shape index (κ2) is 4.48. The van der Waals surface area contributed by atoms with Crippen molar-refractivity contribution in [1.29, 1.82) is 0 Å². The lowest BCUT2D eigenvalue weighted by molar-refractivity contribution is 0.415. The number of nitrogens with zero attached hydrogens (tertiary/aromatic N) is 2. The number of hydrogen-bond donors (Lipinski definition) is 1. The molecule has 0 aliphatic rings. The predicted molar refractivity (Wildman–Crippen MR) is 76.6 cm³/mol. The topological polar surface area (TPSA) is 52.5 Å². The highest BCUT2D eigenvalue weighted by Gasteiger charge is 2.12. The maximum Gasteiger partial charge on any atom is 0.139 e. The minimum absolute atomic E-state index is 0.538. The van der Waals surface area contributed by atoms with Crippen molar-refractivity contribution in [1.82, 2.24) is 9.38 Å². The normalized spacial score (nSPS) is 10.8. The van der Waals surface area contributed by atoms with E-state index in [-0.39, 0.29) is 0 Å². The molecule has 0 saturated heterocycles. The number of pyridine rings is 1. The van der Waals surface area contributed by atoms with E-state index >= 15 is 0 Å². The summed E-state index contributed by atoms with van der Waals surface area (Å²) in [5, 5.41) is 0.538. The molecule has 1 aromatic carbocycles. The smallest absolute Gasteiger partial charge is 0.139 e. The van der Waals surface area contributed by atoms with Gasteiger partial charge in [0.1, 0.15) is 22.9 Å². The second-order valence-electron chi connectivity index (χ2n) is 4.12. The van der Waals surface area contributed by atoms with Gasteiger partial charge in [0.2, 0.25) is 0 Å². The third kappa shape index (κ3) is 1.90. The first-order valence-corrected chi connectivity index (χ1v) is 6.15. The molecule has 2 aromatic heterocycles. The van der Waals surface area contributed by atoms with Crippen molar-refractivity contribution in [2.45, 2.75) is 0 Å². The second-order valence-corrected chi connectivity index (χ2v) is 4.53. The lowest BCUT2D eigenvalue weighted by Gasteiger charge is -2.05. The van der Waals surface area contributed by atoms with Crippen molar-refractivity contribution in [3.63, 3.8) is 0 Å². The maximum atomic E-state index is 6.13. The SMILES string of the molecule is COc1ccc(-c2nc3ccccn3c2N)cc1Cl. The van der Waals surface area contributed by atoms with Gasteiger partial charge in [-0.25, -0.2) is 4.98 Å². The number of ether oxygens (including phenoxy) is 1. The monoisotopic (exact) mass is 273 g/mol. The molecule has 0 atom stereocenters. The summed E-state index contributed by atoms with van der Waals surface area (Å²) in [5.74, 6) is 1.23. The minimum atomic E-state index is 0.538. The van der Waals surface area contributed by atoms with Crippen LogP contribution < -0.4 is 10.5 Å². The van der Waals surface area contributed by atoms with Crippen LogP contribution in [0.15, 0.2) is 42.6 Å². The molecule has 0 amide bonds. The Balaban J connectivity index is 2.19. The van der Waals surface area contributed by atoms with Crippen LogP contribution in [0.5, 0.6) is 5.75 Å². The van der Waals surface area contributed by atoms with Gasteiger partial charge in [0, 0.05) is 11.8 Å². The van der Waals surface area contributed by atoms with Gasteiger partial charge in [0.05, 0.1) is 12.1 Å². The van der Waals surface area contributed by atoms with E-state index in [2.05, 4.69) is 4.98 Å². The number of benzene rings is 1. The Morgan fingerprint density at radius 3 is 2.79 bits per heavy atom. The number of methoxy groups -OCH3 is 1. The standard InChI is InChI=1S/C14H12ClN3O/c1-19-11-6-5-9(8-10(11)15)13-14(16)18-7-3-2-4-12(18)17-13/h2-8H,16H2,1H3. The summed E-state index contributed by atoms with van der Waals surface area (Å²) >= 11 is 6.13. The Morgan fingerprint density at radius 1 is 1.26 bits per heavy atom. The lowest BCUT2D eigenvalue weighted by atomic mass is 10.1.